The molecular formula is C17H20N6O7S4. The van der Waals surface area contributed by atoms with E-state index < -0.39 is 33.3 Å². The Labute approximate surface area is 206 Å². The first-order valence-corrected chi connectivity index (χ1v) is 14.4. The molecule has 0 radical (unpaired) electrons. The zero-order chi connectivity index (χ0) is 24.7. The van der Waals surface area contributed by atoms with Gasteiger partial charge in [-0.25, -0.2) is 4.68 Å². The van der Waals surface area contributed by atoms with Gasteiger partial charge < -0.3 is 10.0 Å². The van der Waals surface area contributed by atoms with Gasteiger partial charge in [-0.3, -0.25) is 23.8 Å². The number of tetrazole rings is 1. The lowest BCUT2D eigenvalue weighted by atomic mass is 9.89. The molecule has 0 spiro atoms. The van der Waals surface area contributed by atoms with E-state index in [1.807, 2.05) is 5.38 Å². The molecule has 2 aromatic heterocycles. The zero-order valence-electron chi connectivity index (χ0n) is 17.7. The number of carboxylic acid groups (broad SMARTS) is 1. The van der Waals surface area contributed by atoms with Crippen LogP contribution in [0.15, 0.2) is 22.7 Å². The molecule has 2 unspecified atom stereocenters. The van der Waals surface area contributed by atoms with Crippen LogP contribution in [0.2, 0.25) is 0 Å². The maximum atomic E-state index is 13.0. The van der Waals surface area contributed by atoms with E-state index in [2.05, 4.69) is 15.5 Å². The Balaban J connectivity index is 1.46. The Morgan fingerprint density at radius 1 is 1.41 bits per heavy atom. The Bertz CT molecular complexity index is 1200. The fourth-order valence-electron chi connectivity index (χ4n) is 3.73. The van der Waals surface area contributed by atoms with Crippen molar-refractivity contribution in [2.45, 2.75) is 30.0 Å². The first-order valence-electron chi connectivity index (χ1n) is 9.85. The quantitative estimate of drug-likeness (QED) is 0.246. The maximum absolute atomic E-state index is 13.0. The predicted octanol–water partition coefficient (Wildman–Crippen LogP) is 0.122. The van der Waals surface area contributed by atoms with Crippen LogP contribution in [0.1, 0.15) is 6.92 Å². The third-order valence-corrected chi connectivity index (χ3v) is 9.86. The van der Waals surface area contributed by atoms with Crippen molar-refractivity contribution in [2.24, 2.45) is 5.41 Å². The number of carboxylic acids is 1. The molecule has 0 bridgehead atoms. The molecule has 2 amide bonds. The normalized spacial score (nSPS) is 24.4. The highest BCUT2D eigenvalue weighted by Crippen LogP contribution is 2.46. The number of amides is 2. The first kappa shape index (κ1) is 24.9. The molecule has 2 N–H and O–H groups in total. The Kier molecular flexibility index (Phi) is 6.92. The average molecular weight is 549 g/mol. The third kappa shape index (κ3) is 4.79. The minimum atomic E-state index is -4.22. The van der Waals surface area contributed by atoms with Gasteiger partial charge in [0, 0.05) is 25.0 Å². The van der Waals surface area contributed by atoms with Gasteiger partial charge in [-0.05, 0) is 27.9 Å². The van der Waals surface area contributed by atoms with E-state index in [0.717, 1.165) is 11.8 Å². The van der Waals surface area contributed by atoms with Crippen LogP contribution >= 0.6 is 34.9 Å². The molecular weight excluding hydrogens is 528 g/mol. The van der Waals surface area contributed by atoms with Crippen LogP contribution in [0.4, 0.5) is 5.00 Å². The number of aliphatic carboxylic acids is 1. The number of carbonyl (C=O) groups excluding carboxylic acids is 2. The van der Waals surface area contributed by atoms with Crippen LogP contribution in [0.5, 0.6) is 0 Å². The number of hydrogen-bond acceptors (Lipinski definition) is 11. The molecule has 13 nitrogen and oxygen atoms in total. The van der Waals surface area contributed by atoms with Crippen molar-refractivity contribution < 1.29 is 32.5 Å². The molecule has 4 heterocycles. The van der Waals surface area contributed by atoms with Crippen LogP contribution in [0.25, 0.3) is 0 Å². The highest BCUT2D eigenvalue weighted by Gasteiger charge is 2.59. The second-order valence-corrected chi connectivity index (χ2v) is 12.3. The van der Waals surface area contributed by atoms with Crippen LogP contribution < -0.4 is 4.90 Å². The van der Waals surface area contributed by atoms with Gasteiger partial charge in [0.15, 0.2) is 0 Å². The number of aryl methyl sites for hydroxylation is 1. The van der Waals surface area contributed by atoms with Gasteiger partial charge in [-0.15, -0.1) is 28.2 Å². The van der Waals surface area contributed by atoms with Crippen molar-refractivity contribution in [3.63, 3.8) is 0 Å². The minimum absolute atomic E-state index is 0.0318. The standard InChI is InChI=1S/C17H20N6O7S4/c1-10(24)23(11-3-2-5-31-11)12-13(25)21-7-17(15(26)27,8-32-14(12)21)9-33-16-18-19-20-22(16)4-6-34(28,29)30/h2-3,5,12,14H,4,6-9H2,1H3,(H,26,27)(H,28,29,30)/t12?,14-,17?/m1/s1. The molecule has 0 aromatic carbocycles. The maximum Gasteiger partial charge on any atom is 0.313 e. The summed E-state index contributed by atoms with van der Waals surface area (Å²) in [6, 6.07) is 2.87. The van der Waals surface area contributed by atoms with Crippen molar-refractivity contribution in [1.29, 1.82) is 0 Å². The molecule has 3 atom stereocenters. The van der Waals surface area contributed by atoms with Gasteiger partial charge in [0.25, 0.3) is 10.1 Å². The summed E-state index contributed by atoms with van der Waals surface area (Å²) in [6.07, 6.45) is 0. The second-order valence-electron chi connectivity index (χ2n) is 7.80. The number of rotatable bonds is 9. The van der Waals surface area contributed by atoms with E-state index in [4.69, 9.17) is 4.55 Å². The number of thioether (sulfide) groups is 2. The fraction of sp³-hybridized carbons (Fsp3) is 0.529. The number of thiophene rings is 1. The van der Waals surface area contributed by atoms with Gasteiger partial charge in [-0.2, -0.15) is 8.42 Å². The van der Waals surface area contributed by atoms with E-state index in [1.54, 1.807) is 12.1 Å². The van der Waals surface area contributed by atoms with Crippen molar-refractivity contribution >= 4 is 67.8 Å². The third-order valence-electron chi connectivity index (χ3n) is 5.47. The lowest BCUT2D eigenvalue weighted by Gasteiger charge is -2.55. The molecule has 2 aliphatic heterocycles. The van der Waals surface area contributed by atoms with Crippen LogP contribution in [0, 0.1) is 5.41 Å². The summed E-state index contributed by atoms with van der Waals surface area (Å²) >= 11 is 3.69. The van der Waals surface area contributed by atoms with Crippen LogP contribution in [-0.4, -0.2) is 96.2 Å². The molecule has 2 aliphatic rings. The smallest absolute Gasteiger partial charge is 0.313 e. The van der Waals surface area contributed by atoms with E-state index in [-0.39, 0.29) is 46.9 Å². The number of fused-ring (bicyclic) bond motifs is 1. The zero-order valence-corrected chi connectivity index (χ0v) is 20.9. The summed E-state index contributed by atoms with van der Waals surface area (Å²) < 4.78 is 32.1. The van der Waals surface area contributed by atoms with E-state index in [1.165, 1.54) is 44.5 Å². The average Bonchev–Trinajstić information content (AvgIpc) is 3.45. The van der Waals surface area contributed by atoms with E-state index in [0.29, 0.717) is 5.00 Å². The van der Waals surface area contributed by atoms with Crippen molar-refractivity contribution in [3.05, 3.63) is 17.5 Å². The molecule has 17 heteroatoms. The number of β-lactam (4-membered cyclic amide) rings is 1. The summed E-state index contributed by atoms with van der Waals surface area (Å²) in [6.45, 7) is 1.17. The lowest BCUT2D eigenvalue weighted by molar-refractivity contribution is -0.156. The van der Waals surface area contributed by atoms with Gasteiger partial charge in [0.2, 0.25) is 17.0 Å². The molecule has 4 rings (SSSR count). The van der Waals surface area contributed by atoms with Gasteiger partial charge >= 0.3 is 5.97 Å². The molecule has 0 aliphatic carbocycles. The Morgan fingerprint density at radius 3 is 2.79 bits per heavy atom. The summed E-state index contributed by atoms with van der Waals surface area (Å²) in [4.78, 5) is 40.5. The fourth-order valence-corrected chi connectivity index (χ4v) is 7.75. The molecule has 2 saturated heterocycles. The minimum Gasteiger partial charge on any atom is -0.481 e. The number of anilines is 1. The molecule has 0 saturated carbocycles. The first-order chi connectivity index (χ1) is 16.0. The van der Waals surface area contributed by atoms with Gasteiger partial charge in [0.05, 0.1) is 17.3 Å². The Morgan fingerprint density at radius 2 is 2.18 bits per heavy atom. The number of hydrogen-bond donors (Lipinski definition) is 2. The van der Waals surface area contributed by atoms with E-state index in [9.17, 15) is 27.9 Å². The monoisotopic (exact) mass is 548 g/mol. The SMILES string of the molecule is CC(=O)N(c1cccs1)C1C(=O)N2CC(CSc3nnnn3CCS(=O)(=O)O)(C(=O)O)CS[C@H]12. The topological polar surface area (TPSA) is 176 Å². The van der Waals surface area contributed by atoms with Crippen molar-refractivity contribution in [3.8, 4) is 0 Å². The summed E-state index contributed by atoms with van der Waals surface area (Å²) in [5.74, 6) is -2.01. The summed E-state index contributed by atoms with van der Waals surface area (Å²) in [7, 11) is -4.22. The largest absolute Gasteiger partial charge is 0.481 e. The van der Waals surface area contributed by atoms with Crippen LogP contribution in [0.3, 0.4) is 0 Å². The van der Waals surface area contributed by atoms with E-state index >= 15 is 0 Å². The van der Waals surface area contributed by atoms with Gasteiger partial charge in [-0.1, -0.05) is 11.8 Å². The highest BCUT2D eigenvalue weighted by molar-refractivity contribution is 8.00. The number of carbonyl (C=O) groups is 3. The second kappa shape index (κ2) is 9.44. The number of nitrogens with zero attached hydrogens (tertiary/aromatic N) is 6. The Hall–Kier alpha value is -2.21. The molecule has 2 aromatic rings. The van der Waals surface area contributed by atoms with Gasteiger partial charge in [0.1, 0.15) is 16.8 Å². The van der Waals surface area contributed by atoms with Crippen molar-refractivity contribution in [1.82, 2.24) is 25.1 Å². The molecule has 34 heavy (non-hydrogen) atoms. The van der Waals surface area contributed by atoms with Crippen LogP contribution in [-0.2, 0) is 31.0 Å². The lowest BCUT2D eigenvalue weighted by Crippen LogP contribution is -2.74. The van der Waals surface area contributed by atoms with Crippen molar-refractivity contribution in [2.75, 3.05) is 28.7 Å². The highest BCUT2D eigenvalue weighted by atomic mass is 32.2. The summed E-state index contributed by atoms with van der Waals surface area (Å²) in [5, 5.41) is 23.3. The molecule has 2 fully saturated rings. The number of aromatic nitrogens is 4. The molecule has 184 valence electrons. The summed E-state index contributed by atoms with van der Waals surface area (Å²) in [5.41, 5.74) is -1.30. The predicted molar refractivity (Wildman–Crippen MR) is 124 cm³/mol.